The summed E-state index contributed by atoms with van der Waals surface area (Å²) in [7, 11) is 1.28. The maximum Gasteiger partial charge on any atom is 0.416 e. The number of ether oxygens (including phenoxy) is 2. The predicted octanol–water partition coefficient (Wildman–Crippen LogP) is 4.41. The van der Waals surface area contributed by atoms with Crippen molar-refractivity contribution in [3.05, 3.63) is 58.1 Å². The number of alkyl halides is 3. The Bertz CT molecular complexity index is 701. The summed E-state index contributed by atoms with van der Waals surface area (Å²) >= 11 is 0. The molecule has 2 aromatic rings. The second-order valence-corrected chi connectivity index (χ2v) is 4.22. The van der Waals surface area contributed by atoms with Crippen LogP contribution in [0.15, 0.2) is 42.5 Å². The smallest absolute Gasteiger partial charge is 0.416 e. The Morgan fingerprint density at radius 3 is 2.41 bits per heavy atom. The number of hydrogen-bond acceptors (Lipinski definition) is 4. The van der Waals surface area contributed by atoms with Crippen LogP contribution in [0.4, 0.5) is 18.9 Å². The number of nitro groups is 1. The molecule has 2 rings (SSSR count). The van der Waals surface area contributed by atoms with E-state index in [-0.39, 0.29) is 22.9 Å². The van der Waals surface area contributed by atoms with Crippen molar-refractivity contribution in [1.82, 2.24) is 0 Å². The van der Waals surface area contributed by atoms with E-state index in [1.165, 1.54) is 31.4 Å². The van der Waals surface area contributed by atoms with Crippen molar-refractivity contribution in [2.24, 2.45) is 0 Å². The Morgan fingerprint density at radius 2 is 1.82 bits per heavy atom. The molecule has 0 saturated heterocycles. The lowest BCUT2D eigenvalue weighted by atomic mass is 10.2. The van der Waals surface area contributed by atoms with Gasteiger partial charge in [0.2, 0.25) is 0 Å². The zero-order valence-corrected chi connectivity index (χ0v) is 11.3. The maximum atomic E-state index is 12.6. The third kappa shape index (κ3) is 3.46. The molecule has 0 saturated carbocycles. The average Bonchev–Trinajstić information content (AvgIpc) is 2.47. The molecule has 116 valence electrons. The lowest BCUT2D eigenvalue weighted by Gasteiger charge is -2.12. The first-order valence-electron chi connectivity index (χ1n) is 5.99. The highest BCUT2D eigenvalue weighted by Crippen LogP contribution is 2.36. The molecule has 0 fully saturated rings. The summed E-state index contributed by atoms with van der Waals surface area (Å²) in [4.78, 5) is 10.1. The summed E-state index contributed by atoms with van der Waals surface area (Å²) in [5.74, 6) is 0.0704. The van der Waals surface area contributed by atoms with Crippen LogP contribution >= 0.6 is 0 Å². The Hall–Kier alpha value is -2.77. The monoisotopic (exact) mass is 313 g/mol. The molecule has 0 spiro atoms. The van der Waals surface area contributed by atoms with Crippen LogP contribution in [0.25, 0.3) is 0 Å². The van der Waals surface area contributed by atoms with Gasteiger partial charge in [-0.25, -0.2) is 0 Å². The Morgan fingerprint density at radius 1 is 1.09 bits per heavy atom. The Labute approximate surface area is 123 Å². The van der Waals surface area contributed by atoms with Crippen LogP contribution in [-0.2, 0) is 6.18 Å². The highest BCUT2D eigenvalue weighted by atomic mass is 19.4. The highest BCUT2D eigenvalue weighted by molar-refractivity contribution is 5.50. The molecule has 5 nitrogen and oxygen atoms in total. The molecule has 0 N–H and O–H groups in total. The number of benzene rings is 2. The molecule has 0 aliphatic heterocycles. The molecule has 0 atom stereocenters. The molecular weight excluding hydrogens is 303 g/mol. The SMILES string of the molecule is COc1cc([N+](=O)[O-])ccc1Oc1cccc(C(F)(F)F)c1. The first kappa shape index (κ1) is 15.6. The van der Waals surface area contributed by atoms with Gasteiger partial charge < -0.3 is 9.47 Å². The van der Waals surface area contributed by atoms with Gasteiger partial charge in [0.1, 0.15) is 5.75 Å². The summed E-state index contributed by atoms with van der Waals surface area (Å²) in [6.45, 7) is 0. The third-order valence-electron chi connectivity index (χ3n) is 2.75. The number of non-ortho nitro benzene ring substituents is 1. The van der Waals surface area contributed by atoms with E-state index in [1.807, 2.05) is 0 Å². The molecule has 0 aliphatic carbocycles. The minimum absolute atomic E-state index is 0.0478. The van der Waals surface area contributed by atoms with Crippen molar-refractivity contribution in [2.75, 3.05) is 7.11 Å². The van der Waals surface area contributed by atoms with Gasteiger partial charge >= 0.3 is 6.18 Å². The van der Waals surface area contributed by atoms with E-state index in [9.17, 15) is 23.3 Å². The summed E-state index contributed by atoms with van der Waals surface area (Å²) in [6, 6.07) is 7.86. The second kappa shape index (κ2) is 5.92. The molecule has 22 heavy (non-hydrogen) atoms. The number of nitrogens with zero attached hydrogens (tertiary/aromatic N) is 1. The second-order valence-electron chi connectivity index (χ2n) is 4.22. The lowest BCUT2D eigenvalue weighted by molar-refractivity contribution is -0.384. The van der Waals surface area contributed by atoms with E-state index >= 15 is 0 Å². The molecule has 0 heterocycles. The fraction of sp³-hybridized carbons (Fsp3) is 0.143. The third-order valence-corrected chi connectivity index (χ3v) is 2.75. The lowest BCUT2D eigenvalue weighted by Crippen LogP contribution is -2.04. The van der Waals surface area contributed by atoms with Crippen molar-refractivity contribution in [3.63, 3.8) is 0 Å². The number of hydrogen-bond donors (Lipinski definition) is 0. The van der Waals surface area contributed by atoms with E-state index in [4.69, 9.17) is 9.47 Å². The molecule has 0 unspecified atom stereocenters. The van der Waals surface area contributed by atoms with Crippen molar-refractivity contribution >= 4 is 5.69 Å². The van der Waals surface area contributed by atoms with Crippen LogP contribution < -0.4 is 9.47 Å². The fourth-order valence-corrected chi connectivity index (χ4v) is 1.72. The van der Waals surface area contributed by atoms with E-state index in [1.54, 1.807) is 0 Å². The predicted molar refractivity (Wildman–Crippen MR) is 71.2 cm³/mol. The number of halogens is 3. The van der Waals surface area contributed by atoms with Crippen LogP contribution in [0.5, 0.6) is 17.2 Å². The van der Waals surface area contributed by atoms with Gasteiger partial charge in [0, 0.05) is 6.07 Å². The largest absolute Gasteiger partial charge is 0.493 e. The van der Waals surface area contributed by atoms with Crippen LogP contribution in [0.2, 0.25) is 0 Å². The number of methoxy groups -OCH3 is 1. The Balaban J connectivity index is 2.33. The average molecular weight is 313 g/mol. The molecule has 0 aromatic heterocycles. The maximum absolute atomic E-state index is 12.6. The highest BCUT2D eigenvalue weighted by Gasteiger charge is 2.30. The van der Waals surface area contributed by atoms with Crippen LogP contribution in [0.3, 0.4) is 0 Å². The number of nitro benzene ring substituents is 1. The molecule has 0 amide bonds. The van der Waals surface area contributed by atoms with E-state index < -0.39 is 16.7 Å². The van der Waals surface area contributed by atoms with Gasteiger partial charge in [-0.15, -0.1) is 0 Å². The number of rotatable bonds is 4. The van der Waals surface area contributed by atoms with Gasteiger partial charge in [-0.1, -0.05) is 6.07 Å². The van der Waals surface area contributed by atoms with Crippen molar-refractivity contribution in [2.45, 2.75) is 6.18 Å². The molecule has 2 aromatic carbocycles. The van der Waals surface area contributed by atoms with Gasteiger partial charge in [-0.2, -0.15) is 13.2 Å². The molecule has 0 bridgehead atoms. The van der Waals surface area contributed by atoms with Crippen molar-refractivity contribution < 1.29 is 27.6 Å². The molecular formula is C14H10F3NO4. The normalized spacial score (nSPS) is 11.1. The van der Waals surface area contributed by atoms with Gasteiger partial charge in [0.15, 0.2) is 11.5 Å². The first-order valence-corrected chi connectivity index (χ1v) is 5.99. The van der Waals surface area contributed by atoms with Crippen LogP contribution in [0.1, 0.15) is 5.56 Å². The van der Waals surface area contributed by atoms with Gasteiger partial charge in [0.25, 0.3) is 5.69 Å². The van der Waals surface area contributed by atoms with E-state index in [0.717, 1.165) is 18.2 Å². The summed E-state index contributed by atoms with van der Waals surface area (Å²) < 4.78 is 48.2. The Kier molecular flexibility index (Phi) is 4.20. The minimum atomic E-state index is -4.49. The molecule has 8 heteroatoms. The van der Waals surface area contributed by atoms with Crippen molar-refractivity contribution in [1.29, 1.82) is 0 Å². The van der Waals surface area contributed by atoms with Crippen LogP contribution in [-0.4, -0.2) is 12.0 Å². The summed E-state index contributed by atoms with van der Waals surface area (Å²) in [6.07, 6.45) is -4.49. The minimum Gasteiger partial charge on any atom is -0.493 e. The van der Waals surface area contributed by atoms with Crippen molar-refractivity contribution in [3.8, 4) is 17.2 Å². The van der Waals surface area contributed by atoms with Gasteiger partial charge in [-0.3, -0.25) is 10.1 Å². The standard InChI is InChI=1S/C14H10F3NO4/c1-21-13-8-10(18(19)20)5-6-12(13)22-11-4-2-3-9(7-11)14(15,16)17/h2-8H,1H3. The quantitative estimate of drug-likeness (QED) is 0.619. The first-order chi connectivity index (χ1) is 10.3. The molecule has 0 radical (unpaired) electrons. The van der Waals surface area contributed by atoms with E-state index in [0.29, 0.717) is 0 Å². The van der Waals surface area contributed by atoms with Gasteiger partial charge in [-0.05, 0) is 24.3 Å². The molecule has 0 aliphatic rings. The van der Waals surface area contributed by atoms with Gasteiger partial charge in [0.05, 0.1) is 23.7 Å². The van der Waals surface area contributed by atoms with Crippen LogP contribution in [0, 0.1) is 10.1 Å². The van der Waals surface area contributed by atoms with E-state index in [2.05, 4.69) is 0 Å². The summed E-state index contributed by atoms with van der Waals surface area (Å²) in [5.41, 5.74) is -1.07. The fourth-order valence-electron chi connectivity index (χ4n) is 1.72. The zero-order chi connectivity index (χ0) is 16.3. The summed E-state index contributed by atoms with van der Waals surface area (Å²) in [5, 5.41) is 10.7. The zero-order valence-electron chi connectivity index (χ0n) is 11.3. The topological polar surface area (TPSA) is 61.6 Å².